The fourth-order valence-electron chi connectivity index (χ4n) is 1.68. The molecule has 0 aliphatic heterocycles. The van der Waals surface area contributed by atoms with Gasteiger partial charge in [-0.1, -0.05) is 45.4 Å². The van der Waals surface area contributed by atoms with Crippen LogP contribution in [0.1, 0.15) is 65.2 Å². The number of esters is 1. The van der Waals surface area contributed by atoms with Crippen LogP contribution in [0.5, 0.6) is 0 Å². The van der Waals surface area contributed by atoms with Crippen LogP contribution in [0.2, 0.25) is 0 Å². The van der Waals surface area contributed by atoms with E-state index in [-0.39, 0.29) is 5.97 Å². The molecule has 18 heavy (non-hydrogen) atoms. The van der Waals surface area contributed by atoms with Gasteiger partial charge in [-0.2, -0.15) is 0 Å². The molecule has 106 valence electrons. The van der Waals surface area contributed by atoms with E-state index >= 15 is 0 Å². The van der Waals surface area contributed by atoms with Crippen molar-refractivity contribution in [3.63, 3.8) is 0 Å². The molecule has 0 N–H and O–H groups in total. The van der Waals surface area contributed by atoms with Gasteiger partial charge in [0.25, 0.3) is 0 Å². The van der Waals surface area contributed by atoms with Crippen molar-refractivity contribution in [1.29, 1.82) is 0 Å². The summed E-state index contributed by atoms with van der Waals surface area (Å²) >= 11 is 0. The summed E-state index contributed by atoms with van der Waals surface area (Å²) in [5, 5.41) is 0. The van der Waals surface area contributed by atoms with Crippen LogP contribution < -0.4 is 0 Å². The van der Waals surface area contributed by atoms with E-state index in [2.05, 4.69) is 11.7 Å². The van der Waals surface area contributed by atoms with Crippen molar-refractivity contribution in [3.8, 4) is 0 Å². The van der Waals surface area contributed by atoms with Crippen molar-refractivity contribution >= 4 is 5.97 Å². The number of carbonyl (C=O) groups is 1. The van der Waals surface area contributed by atoms with Crippen molar-refractivity contribution in [2.45, 2.75) is 71.3 Å². The minimum atomic E-state index is -0.514. The number of ether oxygens (including phenoxy) is 2. The Morgan fingerprint density at radius 1 is 1.11 bits per heavy atom. The van der Waals surface area contributed by atoms with Crippen LogP contribution in [0.3, 0.4) is 0 Å². The average molecular weight is 256 g/mol. The van der Waals surface area contributed by atoms with Gasteiger partial charge in [-0.25, -0.2) is 4.79 Å². The summed E-state index contributed by atoms with van der Waals surface area (Å²) in [7, 11) is 1.37. The molecule has 0 aromatic carbocycles. The normalized spacial score (nSPS) is 12.6. The monoisotopic (exact) mass is 256 g/mol. The smallest absolute Gasteiger partial charge is 0.346 e. The molecule has 0 aliphatic rings. The van der Waals surface area contributed by atoms with Gasteiger partial charge in [0, 0.05) is 0 Å². The third kappa shape index (κ3) is 10.2. The highest BCUT2D eigenvalue weighted by atomic mass is 16.6. The Bertz CT molecular complexity index is 224. The van der Waals surface area contributed by atoms with Gasteiger partial charge in [-0.3, -0.25) is 0 Å². The lowest BCUT2D eigenvalue weighted by molar-refractivity contribution is -0.149. The van der Waals surface area contributed by atoms with E-state index in [1.165, 1.54) is 52.1 Å². The van der Waals surface area contributed by atoms with Gasteiger partial charge in [-0.05, 0) is 25.8 Å². The van der Waals surface area contributed by atoms with Gasteiger partial charge in [0.05, 0.1) is 13.4 Å². The molecular weight excluding hydrogens is 228 g/mol. The predicted molar refractivity (Wildman–Crippen MR) is 74.3 cm³/mol. The summed E-state index contributed by atoms with van der Waals surface area (Å²) in [6, 6.07) is 0. The third-order valence-corrected chi connectivity index (χ3v) is 2.89. The minimum absolute atomic E-state index is 0.337. The fourth-order valence-corrected chi connectivity index (χ4v) is 1.68. The molecule has 0 aromatic rings. The van der Waals surface area contributed by atoms with Gasteiger partial charge in [0.1, 0.15) is 0 Å². The Morgan fingerprint density at radius 3 is 2.33 bits per heavy atom. The highest BCUT2D eigenvalue weighted by molar-refractivity contribution is 5.74. The lowest BCUT2D eigenvalue weighted by Gasteiger charge is -2.07. The van der Waals surface area contributed by atoms with E-state index < -0.39 is 6.10 Å². The molecule has 0 heterocycles. The van der Waals surface area contributed by atoms with Crippen LogP contribution in [0.25, 0.3) is 0 Å². The van der Waals surface area contributed by atoms with E-state index in [0.29, 0.717) is 0 Å². The van der Waals surface area contributed by atoms with Crippen LogP contribution in [0, 0.1) is 0 Å². The minimum Gasteiger partial charge on any atom is -0.487 e. The summed E-state index contributed by atoms with van der Waals surface area (Å²) in [5.74, 6) is -0.337. The number of rotatable bonds is 11. The SMILES string of the molecule is CCCCCCCCCC=COC(C)C(=O)OC. The summed E-state index contributed by atoms with van der Waals surface area (Å²) in [6.45, 7) is 3.92. The zero-order valence-corrected chi connectivity index (χ0v) is 12.1. The molecule has 0 bridgehead atoms. The first-order chi connectivity index (χ1) is 8.72. The average Bonchev–Trinajstić information content (AvgIpc) is 2.39. The number of hydrogen-bond donors (Lipinski definition) is 0. The van der Waals surface area contributed by atoms with Gasteiger partial charge >= 0.3 is 5.97 Å². The molecule has 1 unspecified atom stereocenters. The molecule has 3 heteroatoms. The quantitative estimate of drug-likeness (QED) is 0.315. The molecule has 0 aromatic heterocycles. The maximum absolute atomic E-state index is 11.0. The summed E-state index contributed by atoms with van der Waals surface area (Å²) in [4.78, 5) is 11.0. The molecule has 0 radical (unpaired) electrons. The topological polar surface area (TPSA) is 35.5 Å². The van der Waals surface area contributed by atoms with Crippen molar-refractivity contribution in [2.24, 2.45) is 0 Å². The zero-order chi connectivity index (χ0) is 13.6. The summed E-state index contributed by atoms with van der Waals surface area (Å²) < 4.78 is 9.76. The van der Waals surface area contributed by atoms with E-state index in [4.69, 9.17) is 4.74 Å². The van der Waals surface area contributed by atoms with Crippen LogP contribution in [-0.4, -0.2) is 19.2 Å². The van der Waals surface area contributed by atoms with Crippen molar-refractivity contribution in [1.82, 2.24) is 0 Å². The van der Waals surface area contributed by atoms with Crippen LogP contribution >= 0.6 is 0 Å². The number of carbonyl (C=O) groups excluding carboxylic acids is 1. The van der Waals surface area contributed by atoms with Crippen LogP contribution in [-0.2, 0) is 14.3 Å². The molecule has 0 rings (SSSR count). The van der Waals surface area contributed by atoms with Crippen molar-refractivity contribution in [3.05, 3.63) is 12.3 Å². The molecule has 0 fully saturated rings. The highest BCUT2D eigenvalue weighted by Gasteiger charge is 2.11. The Labute approximate surface area is 112 Å². The molecule has 0 aliphatic carbocycles. The number of allylic oxidation sites excluding steroid dienone is 1. The first-order valence-electron chi connectivity index (χ1n) is 7.10. The first-order valence-corrected chi connectivity index (χ1v) is 7.10. The van der Waals surface area contributed by atoms with Crippen molar-refractivity contribution in [2.75, 3.05) is 7.11 Å². The van der Waals surface area contributed by atoms with Gasteiger partial charge in [0.15, 0.2) is 6.10 Å². The Hall–Kier alpha value is -0.990. The number of hydrogen-bond acceptors (Lipinski definition) is 3. The molecule has 0 saturated heterocycles. The lowest BCUT2D eigenvalue weighted by Crippen LogP contribution is -2.19. The van der Waals surface area contributed by atoms with E-state index in [0.717, 1.165) is 6.42 Å². The molecular formula is C15H28O3. The maximum Gasteiger partial charge on any atom is 0.346 e. The second-order valence-electron chi connectivity index (χ2n) is 4.58. The number of methoxy groups -OCH3 is 1. The second kappa shape index (κ2) is 12.5. The number of unbranched alkanes of at least 4 members (excludes halogenated alkanes) is 7. The lowest BCUT2D eigenvalue weighted by atomic mass is 10.1. The second-order valence-corrected chi connectivity index (χ2v) is 4.58. The first kappa shape index (κ1) is 17.0. The summed E-state index contributed by atoms with van der Waals surface area (Å²) in [5.41, 5.74) is 0. The maximum atomic E-state index is 11.0. The molecule has 0 saturated carbocycles. The van der Waals surface area contributed by atoms with Gasteiger partial charge < -0.3 is 9.47 Å². The highest BCUT2D eigenvalue weighted by Crippen LogP contribution is 2.08. The van der Waals surface area contributed by atoms with Crippen LogP contribution in [0.15, 0.2) is 12.3 Å². The van der Waals surface area contributed by atoms with E-state index in [1.807, 2.05) is 6.08 Å². The van der Waals surface area contributed by atoms with Gasteiger partial charge in [0.2, 0.25) is 0 Å². The summed E-state index contributed by atoms with van der Waals surface area (Å²) in [6.07, 6.45) is 13.3. The van der Waals surface area contributed by atoms with Gasteiger partial charge in [-0.15, -0.1) is 0 Å². The Morgan fingerprint density at radius 2 is 1.72 bits per heavy atom. The fraction of sp³-hybridized carbons (Fsp3) is 0.800. The standard InChI is InChI=1S/C15H28O3/c1-4-5-6-7-8-9-10-11-12-13-18-14(2)15(16)17-3/h12-14H,4-11H2,1-3H3. The molecule has 0 amide bonds. The predicted octanol–water partition coefficient (Wildman–Crippen LogP) is 4.22. The largest absolute Gasteiger partial charge is 0.487 e. The zero-order valence-electron chi connectivity index (χ0n) is 12.1. The van der Waals surface area contributed by atoms with E-state index in [1.54, 1.807) is 13.2 Å². The molecule has 1 atom stereocenters. The van der Waals surface area contributed by atoms with Crippen LogP contribution in [0.4, 0.5) is 0 Å². The molecule has 3 nitrogen and oxygen atoms in total. The Balaban J connectivity index is 3.30. The van der Waals surface area contributed by atoms with E-state index in [9.17, 15) is 4.79 Å². The van der Waals surface area contributed by atoms with Crippen molar-refractivity contribution < 1.29 is 14.3 Å². The third-order valence-electron chi connectivity index (χ3n) is 2.89. The Kier molecular flexibility index (Phi) is 11.8. The molecule has 0 spiro atoms.